The van der Waals surface area contributed by atoms with Crippen molar-refractivity contribution in [3.05, 3.63) is 33.8 Å². The monoisotopic (exact) mass is 346 g/mol. The van der Waals surface area contributed by atoms with Crippen molar-refractivity contribution in [1.82, 2.24) is 0 Å². The Morgan fingerprint density at radius 3 is 2.27 bits per heavy atom. The Hall–Kier alpha value is -1.26. The molecule has 0 aliphatic rings. The minimum Gasteiger partial charge on any atom is -0.466 e. The second-order valence-corrected chi connectivity index (χ2v) is 5.62. The molecular formula is C16H20Cl2O4. The van der Waals surface area contributed by atoms with E-state index in [0.717, 1.165) is 18.4 Å². The molecule has 1 aromatic rings. The van der Waals surface area contributed by atoms with Crippen LogP contribution in [0.1, 0.15) is 38.2 Å². The molecule has 0 aliphatic carbocycles. The Labute approximate surface area is 140 Å². The van der Waals surface area contributed by atoms with Crippen molar-refractivity contribution in [3.63, 3.8) is 0 Å². The second-order valence-electron chi connectivity index (χ2n) is 4.78. The molecular weight excluding hydrogens is 327 g/mol. The molecule has 22 heavy (non-hydrogen) atoms. The van der Waals surface area contributed by atoms with Gasteiger partial charge in [-0.05, 0) is 24.1 Å². The van der Waals surface area contributed by atoms with Gasteiger partial charge in [0, 0.05) is 16.5 Å². The van der Waals surface area contributed by atoms with Crippen LogP contribution < -0.4 is 0 Å². The molecule has 0 aliphatic heterocycles. The number of hydrogen-bond acceptors (Lipinski definition) is 4. The van der Waals surface area contributed by atoms with Crippen LogP contribution in [0.4, 0.5) is 0 Å². The highest BCUT2D eigenvalue weighted by atomic mass is 35.5. The minimum absolute atomic E-state index is 0.0271. The van der Waals surface area contributed by atoms with E-state index < -0.39 is 5.97 Å². The summed E-state index contributed by atoms with van der Waals surface area (Å²) < 4.78 is 10.0. The van der Waals surface area contributed by atoms with Crippen molar-refractivity contribution in [2.24, 2.45) is 0 Å². The zero-order chi connectivity index (χ0) is 16.4. The Bertz CT molecular complexity index is 503. The van der Waals surface area contributed by atoms with Crippen LogP contribution in [0.5, 0.6) is 0 Å². The summed E-state index contributed by atoms with van der Waals surface area (Å²) in [7, 11) is 0. The maximum atomic E-state index is 11.5. The van der Waals surface area contributed by atoms with E-state index in [2.05, 4.69) is 0 Å². The Balaban J connectivity index is 2.19. The lowest BCUT2D eigenvalue weighted by Gasteiger charge is -2.07. The van der Waals surface area contributed by atoms with Gasteiger partial charge in [-0.3, -0.25) is 9.59 Å². The van der Waals surface area contributed by atoms with Crippen molar-refractivity contribution >= 4 is 35.1 Å². The summed E-state index contributed by atoms with van der Waals surface area (Å²) in [4.78, 5) is 22.9. The molecule has 0 fully saturated rings. The molecule has 0 radical (unpaired) electrons. The third-order valence-electron chi connectivity index (χ3n) is 2.94. The van der Waals surface area contributed by atoms with E-state index in [-0.39, 0.29) is 25.4 Å². The van der Waals surface area contributed by atoms with Crippen molar-refractivity contribution in [2.75, 3.05) is 13.2 Å². The van der Waals surface area contributed by atoms with Gasteiger partial charge in [0.2, 0.25) is 0 Å². The number of esters is 2. The summed E-state index contributed by atoms with van der Waals surface area (Å²) in [5.74, 6) is -0.788. The second kappa shape index (κ2) is 10.5. The summed E-state index contributed by atoms with van der Waals surface area (Å²) >= 11 is 11.8. The lowest BCUT2D eigenvalue weighted by Crippen LogP contribution is -2.12. The topological polar surface area (TPSA) is 52.6 Å². The number of ether oxygens (including phenoxy) is 2. The Morgan fingerprint density at radius 1 is 1.05 bits per heavy atom. The van der Waals surface area contributed by atoms with Crippen LogP contribution in [0.2, 0.25) is 10.0 Å². The molecule has 0 amide bonds. The normalized spacial score (nSPS) is 10.3. The standard InChI is InChI=1S/C16H20Cl2O4/c1-2-3-9-21-15(19)6-7-16(20)22-10-8-12-4-5-13(17)11-14(12)18/h4-5,11H,2-3,6-10H2,1H3. The van der Waals surface area contributed by atoms with Gasteiger partial charge in [-0.15, -0.1) is 0 Å². The van der Waals surface area contributed by atoms with Gasteiger partial charge in [0.15, 0.2) is 0 Å². The number of unbranched alkanes of at least 4 members (excludes halogenated alkanes) is 1. The van der Waals surface area contributed by atoms with Gasteiger partial charge in [-0.25, -0.2) is 0 Å². The van der Waals surface area contributed by atoms with Crippen molar-refractivity contribution in [1.29, 1.82) is 0 Å². The quantitative estimate of drug-likeness (QED) is 0.496. The van der Waals surface area contributed by atoms with Gasteiger partial charge in [0.25, 0.3) is 0 Å². The van der Waals surface area contributed by atoms with Gasteiger partial charge >= 0.3 is 11.9 Å². The summed E-state index contributed by atoms with van der Waals surface area (Å²) in [5.41, 5.74) is 0.859. The average Bonchev–Trinajstić information content (AvgIpc) is 2.47. The molecule has 0 unspecified atom stereocenters. The molecule has 6 heteroatoms. The minimum atomic E-state index is -0.419. The molecule has 0 saturated carbocycles. The maximum Gasteiger partial charge on any atom is 0.306 e. The number of halogens is 2. The molecule has 0 atom stereocenters. The van der Waals surface area contributed by atoms with E-state index in [1.807, 2.05) is 6.92 Å². The predicted octanol–water partition coefficient (Wildman–Crippen LogP) is 4.20. The smallest absolute Gasteiger partial charge is 0.306 e. The van der Waals surface area contributed by atoms with Crippen LogP contribution >= 0.6 is 23.2 Å². The predicted molar refractivity (Wildman–Crippen MR) is 86.2 cm³/mol. The summed E-state index contributed by atoms with van der Waals surface area (Å²) in [6.07, 6.45) is 2.37. The molecule has 0 N–H and O–H groups in total. The van der Waals surface area contributed by atoms with Gasteiger partial charge in [0.1, 0.15) is 0 Å². The first-order valence-electron chi connectivity index (χ1n) is 7.28. The first kappa shape index (κ1) is 18.8. The van der Waals surface area contributed by atoms with Crippen LogP contribution in [0.25, 0.3) is 0 Å². The zero-order valence-corrected chi connectivity index (χ0v) is 14.1. The zero-order valence-electron chi connectivity index (χ0n) is 12.6. The highest BCUT2D eigenvalue weighted by Crippen LogP contribution is 2.21. The lowest BCUT2D eigenvalue weighted by atomic mass is 10.2. The van der Waals surface area contributed by atoms with Crippen LogP contribution in [0.3, 0.4) is 0 Å². The van der Waals surface area contributed by atoms with Crippen molar-refractivity contribution < 1.29 is 19.1 Å². The molecule has 0 aromatic heterocycles. The first-order chi connectivity index (χ1) is 10.5. The van der Waals surface area contributed by atoms with E-state index >= 15 is 0 Å². The maximum absolute atomic E-state index is 11.5. The van der Waals surface area contributed by atoms with Crippen LogP contribution in [-0.4, -0.2) is 25.2 Å². The van der Waals surface area contributed by atoms with Crippen molar-refractivity contribution in [2.45, 2.75) is 39.0 Å². The largest absolute Gasteiger partial charge is 0.466 e. The van der Waals surface area contributed by atoms with Crippen molar-refractivity contribution in [3.8, 4) is 0 Å². The van der Waals surface area contributed by atoms with Crippen LogP contribution in [-0.2, 0) is 25.5 Å². The Kier molecular flexibility index (Phi) is 8.94. The fraction of sp³-hybridized carbons (Fsp3) is 0.500. The Morgan fingerprint density at radius 2 is 1.68 bits per heavy atom. The first-order valence-corrected chi connectivity index (χ1v) is 8.03. The van der Waals surface area contributed by atoms with E-state index in [1.165, 1.54) is 0 Å². The van der Waals surface area contributed by atoms with Gasteiger partial charge in [-0.2, -0.15) is 0 Å². The van der Waals surface area contributed by atoms with E-state index in [4.69, 9.17) is 32.7 Å². The summed E-state index contributed by atoms with van der Waals surface area (Å²) in [6, 6.07) is 5.17. The summed E-state index contributed by atoms with van der Waals surface area (Å²) in [6.45, 7) is 2.63. The third kappa shape index (κ3) is 7.66. The number of rotatable bonds is 9. The highest BCUT2D eigenvalue weighted by molar-refractivity contribution is 6.35. The van der Waals surface area contributed by atoms with E-state index in [0.29, 0.717) is 23.1 Å². The molecule has 122 valence electrons. The van der Waals surface area contributed by atoms with Crippen LogP contribution in [0, 0.1) is 0 Å². The molecule has 0 heterocycles. The summed E-state index contributed by atoms with van der Waals surface area (Å²) in [5, 5.41) is 1.11. The number of carbonyl (C=O) groups is 2. The lowest BCUT2D eigenvalue weighted by molar-refractivity contribution is -0.150. The van der Waals surface area contributed by atoms with Gasteiger partial charge in [-0.1, -0.05) is 42.6 Å². The molecule has 4 nitrogen and oxygen atoms in total. The molecule has 1 rings (SSSR count). The molecule has 0 saturated heterocycles. The molecule has 0 spiro atoms. The van der Waals surface area contributed by atoms with Gasteiger partial charge in [0.05, 0.1) is 26.1 Å². The number of benzene rings is 1. The number of carbonyl (C=O) groups excluding carboxylic acids is 2. The van der Waals surface area contributed by atoms with E-state index in [1.54, 1.807) is 18.2 Å². The van der Waals surface area contributed by atoms with Gasteiger partial charge < -0.3 is 9.47 Å². The average molecular weight is 347 g/mol. The van der Waals surface area contributed by atoms with E-state index in [9.17, 15) is 9.59 Å². The SMILES string of the molecule is CCCCOC(=O)CCC(=O)OCCc1ccc(Cl)cc1Cl. The molecule has 1 aromatic carbocycles. The highest BCUT2D eigenvalue weighted by Gasteiger charge is 2.09. The fourth-order valence-corrected chi connectivity index (χ4v) is 2.18. The fourth-order valence-electron chi connectivity index (χ4n) is 1.68. The third-order valence-corrected chi connectivity index (χ3v) is 3.53. The number of hydrogen-bond donors (Lipinski definition) is 0. The van der Waals surface area contributed by atoms with Crippen LogP contribution in [0.15, 0.2) is 18.2 Å². The molecule has 0 bridgehead atoms.